The topological polar surface area (TPSA) is 86.8 Å². The van der Waals surface area contributed by atoms with Crippen LogP contribution in [0.15, 0.2) is 83.8 Å². The van der Waals surface area contributed by atoms with E-state index in [1.165, 1.54) is 17.0 Å². The van der Waals surface area contributed by atoms with Gasteiger partial charge in [0.15, 0.2) is 0 Å². The average molecular weight is 492 g/mol. The molecule has 0 unspecified atom stereocenters. The van der Waals surface area contributed by atoms with Crippen LogP contribution in [0.25, 0.3) is 0 Å². The summed E-state index contributed by atoms with van der Waals surface area (Å²) >= 11 is 0. The zero-order valence-corrected chi connectivity index (χ0v) is 20.9. The number of nitrogens with one attached hydrogen (secondary N) is 1. The van der Waals surface area contributed by atoms with E-state index in [-0.39, 0.29) is 24.5 Å². The molecule has 1 saturated heterocycles. The van der Waals surface area contributed by atoms with Gasteiger partial charge in [0.1, 0.15) is 5.54 Å². The van der Waals surface area contributed by atoms with Crippen LogP contribution in [0.4, 0.5) is 5.69 Å². The molecule has 1 atom stereocenters. The van der Waals surface area contributed by atoms with Crippen molar-refractivity contribution in [1.29, 1.82) is 0 Å². The first-order chi connectivity index (χ1) is 16.6. The Morgan fingerprint density at radius 3 is 2.23 bits per heavy atom. The molecule has 0 saturated carbocycles. The van der Waals surface area contributed by atoms with Crippen molar-refractivity contribution in [2.24, 2.45) is 0 Å². The maximum absolute atomic E-state index is 13.7. The molecule has 3 aromatic carbocycles. The van der Waals surface area contributed by atoms with Gasteiger partial charge in [0.25, 0.3) is 0 Å². The SMILES string of the molecule is Cc1cccc(N2C(=O)CN(S(=O)(=O)c3ccccc3)C[C@]2(C)C(=O)NCc2ccccc2)c1C. The molecule has 3 aromatic rings. The van der Waals surface area contributed by atoms with E-state index in [1.54, 1.807) is 31.2 Å². The molecule has 0 bridgehead atoms. The Morgan fingerprint density at radius 2 is 1.57 bits per heavy atom. The molecule has 0 radical (unpaired) electrons. The fourth-order valence-electron chi connectivity index (χ4n) is 4.40. The third-order valence-corrected chi connectivity index (χ3v) is 8.33. The molecular formula is C27H29N3O4S. The van der Waals surface area contributed by atoms with Crippen molar-refractivity contribution >= 4 is 27.5 Å². The predicted molar refractivity (Wildman–Crippen MR) is 135 cm³/mol. The smallest absolute Gasteiger partial charge is 0.247 e. The molecule has 182 valence electrons. The van der Waals surface area contributed by atoms with Gasteiger partial charge in [-0.15, -0.1) is 0 Å². The van der Waals surface area contributed by atoms with Crippen molar-refractivity contribution in [2.75, 3.05) is 18.0 Å². The second-order valence-electron chi connectivity index (χ2n) is 8.98. The van der Waals surface area contributed by atoms with Crippen molar-refractivity contribution in [1.82, 2.24) is 9.62 Å². The van der Waals surface area contributed by atoms with Crippen molar-refractivity contribution < 1.29 is 18.0 Å². The summed E-state index contributed by atoms with van der Waals surface area (Å²) in [7, 11) is -3.98. The quantitative estimate of drug-likeness (QED) is 0.573. The number of aryl methyl sites for hydroxylation is 1. The summed E-state index contributed by atoms with van der Waals surface area (Å²) in [6.45, 7) is 5.19. The lowest BCUT2D eigenvalue weighted by Crippen LogP contribution is -2.70. The Balaban J connectivity index is 1.74. The van der Waals surface area contributed by atoms with E-state index in [1.807, 2.05) is 56.3 Å². The first-order valence-corrected chi connectivity index (χ1v) is 12.9. The highest BCUT2D eigenvalue weighted by atomic mass is 32.2. The van der Waals surface area contributed by atoms with Gasteiger partial charge in [-0.25, -0.2) is 8.42 Å². The standard InChI is InChI=1S/C27H29N3O4S/c1-20-11-10-16-24(21(20)2)30-25(31)18-29(35(33,34)23-14-8-5-9-15-23)19-27(30,3)26(32)28-17-22-12-6-4-7-13-22/h4-16H,17-19H2,1-3H3,(H,28,32)/t27-/m1/s1. The number of amides is 2. The van der Waals surface area contributed by atoms with Crippen LogP contribution in [-0.2, 0) is 26.2 Å². The lowest BCUT2D eigenvalue weighted by Gasteiger charge is -2.47. The van der Waals surface area contributed by atoms with E-state index in [9.17, 15) is 18.0 Å². The summed E-state index contributed by atoms with van der Waals surface area (Å²) in [6.07, 6.45) is 0. The van der Waals surface area contributed by atoms with Gasteiger partial charge >= 0.3 is 0 Å². The maximum Gasteiger partial charge on any atom is 0.247 e. The van der Waals surface area contributed by atoms with Crippen molar-refractivity contribution in [3.8, 4) is 0 Å². The number of piperazine rings is 1. The van der Waals surface area contributed by atoms with Crippen molar-refractivity contribution in [3.05, 3.63) is 95.6 Å². The van der Waals surface area contributed by atoms with Crippen LogP contribution in [0, 0.1) is 13.8 Å². The molecule has 1 aliphatic rings. The summed E-state index contributed by atoms with van der Waals surface area (Å²) in [6, 6.07) is 23.0. The molecule has 0 aromatic heterocycles. The minimum atomic E-state index is -3.98. The number of hydrogen-bond acceptors (Lipinski definition) is 4. The summed E-state index contributed by atoms with van der Waals surface area (Å²) in [4.78, 5) is 28.8. The van der Waals surface area contributed by atoms with E-state index in [0.29, 0.717) is 5.69 Å². The largest absolute Gasteiger partial charge is 0.350 e. The molecule has 4 rings (SSSR count). The zero-order chi connectivity index (χ0) is 25.2. The van der Waals surface area contributed by atoms with E-state index in [2.05, 4.69) is 5.32 Å². The Morgan fingerprint density at radius 1 is 0.943 bits per heavy atom. The van der Waals surface area contributed by atoms with Crippen LogP contribution >= 0.6 is 0 Å². The van der Waals surface area contributed by atoms with Gasteiger partial charge in [0, 0.05) is 18.8 Å². The van der Waals surface area contributed by atoms with E-state index < -0.39 is 27.4 Å². The average Bonchev–Trinajstić information content (AvgIpc) is 2.85. The monoisotopic (exact) mass is 491 g/mol. The van der Waals surface area contributed by atoms with E-state index in [4.69, 9.17) is 0 Å². The second kappa shape index (κ2) is 9.64. The fraction of sp³-hybridized carbons (Fsp3) is 0.259. The van der Waals surface area contributed by atoms with Gasteiger partial charge in [-0.2, -0.15) is 4.31 Å². The second-order valence-corrected chi connectivity index (χ2v) is 10.9. The molecule has 7 nitrogen and oxygen atoms in total. The normalized spacial score (nSPS) is 18.9. The number of rotatable bonds is 6. The highest BCUT2D eigenvalue weighted by Crippen LogP contribution is 2.35. The number of nitrogens with zero attached hydrogens (tertiary/aromatic N) is 2. The molecule has 1 fully saturated rings. The van der Waals surface area contributed by atoms with E-state index >= 15 is 0 Å². The molecular weight excluding hydrogens is 462 g/mol. The van der Waals surface area contributed by atoms with Crippen molar-refractivity contribution in [3.63, 3.8) is 0 Å². The molecule has 35 heavy (non-hydrogen) atoms. The minimum Gasteiger partial charge on any atom is -0.350 e. The molecule has 8 heteroatoms. The Kier molecular flexibility index (Phi) is 6.78. The van der Waals surface area contributed by atoms with Crippen LogP contribution in [0.3, 0.4) is 0 Å². The number of carbonyl (C=O) groups is 2. The molecule has 0 spiro atoms. The Labute approximate surface area is 206 Å². The fourth-order valence-corrected chi connectivity index (χ4v) is 5.90. The summed E-state index contributed by atoms with van der Waals surface area (Å²) < 4.78 is 27.9. The summed E-state index contributed by atoms with van der Waals surface area (Å²) in [5.74, 6) is -0.884. The summed E-state index contributed by atoms with van der Waals surface area (Å²) in [5, 5.41) is 2.92. The van der Waals surface area contributed by atoms with Crippen LogP contribution < -0.4 is 10.2 Å². The van der Waals surface area contributed by atoms with Crippen LogP contribution in [0.5, 0.6) is 0 Å². The third-order valence-electron chi connectivity index (χ3n) is 6.52. The number of benzene rings is 3. The lowest BCUT2D eigenvalue weighted by atomic mass is 9.93. The zero-order valence-electron chi connectivity index (χ0n) is 20.1. The maximum atomic E-state index is 13.7. The number of anilines is 1. The van der Waals surface area contributed by atoms with Gasteiger partial charge in [0.05, 0.1) is 11.4 Å². The minimum absolute atomic E-state index is 0.0834. The van der Waals surface area contributed by atoms with Gasteiger partial charge in [-0.05, 0) is 55.7 Å². The molecule has 0 aliphatic carbocycles. The number of sulfonamides is 1. The van der Waals surface area contributed by atoms with Gasteiger partial charge in [-0.3, -0.25) is 14.5 Å². The van der Waals surface area contributed by atoms with Gasteiger partial charge in [-0.1, -0.05) is 60.7 Å². The molecule has 2 amide bonds. The van der Waals surface area contributed by atoms with Crippen LogP contribution in [-0.4, -0.2) is 43.2 Å². The highest BCUT2D eigenvalue weighted by molar-refractivity contribution is 7.89. The van der Waals surface area contributed by atoms with Gasteiger partial charge in [0.2, 0.25) is 21.8 Å². The first kappa shape index (κ1) is 24.6. The van der Waals surface area contributed by atoms with Crippen LogP contribution in [0.1, 0.15) is 23.6 Å². The summed E-state index contributed by atoms with van der Waals surface area (Å²) in [5.41, 5.74) is 1.87. The Hall–Kier alpha value is -3.49. The molecule has 1 heterocycles. The number of carbonyl (C=O) groups excluding carboxylic acids is 2. The predicted octanol–water partition coefficient (Wildman–Crippen LogP) is 3.42. The number of hydrogen-bond donors (Lipinski definition) is 1. The Bertz CT molecular complexity index is 1340. The first-order valence-electron chi connectivity index (χ1n) is 11.4. The van der Waals surface area contributed by atoms with Crippen molar-refractivity contribution in [2.45, 2.75) is 37.8 Å². The van der Waals surface area contributed by atoms with Crippen LogP contribution in [0.2, 0.25) is 0 Å². The van der Waals surface area contributed by atoms with E-state index in [0.717, 1.165) is 21.0 Å². The third kappa shape index (κ3) is 4.72. The lowest BCUT2D eigenvalue weighted by molar-refractivity contribution is -0.133. The highest BCUT2D eigenvalue weighted by Gasteiger charge is 2.51. The van der Waals surface area contributed by atoms with Gasteiger partial charge < -0.3 is 5.32 Å². The molecule has 1 aliphatic heterocycles. The molecule has 1 N–H and O–H groups in total.